The third-order valence-electron chi connectivity index (χ3n) is 16.1. The van der Waals surface area contributed by atoms with Gasteiger partial charge in [-0.2, -0.15) is 29.8 Å². The zero-order valence-corrected chi connectivity index (χ0v) is 53.3. The summed E-state index contributed by atoms with van der Waals surface area (Å²) < 4.78 is 38.3. The van der Waals surface area contributed by atoms with Crippen LogP contribution in [0, 0.1) is 44.7 Å². The lowest BCUT2D eigenvalue weighted by atomic mass is 9.88. The minimum Gasteiger partial charge on any atom is -0.476 e. The van der Waals surface area contributed by atoms with Crippen molar-refractivity contribution in [1.82, 2.24) is 49.5 Å². The maximum atomic E-state index is 7.33. The van der Waals surface area contributed by atoms with E-state index < -0.39 is 5.66 Å². The zero-order valence-electron chi connectivity index (χ0n) is 51.1. The largest absolute Gasteiger partial charge is 0.476 e. The number of anilines is 7. The summed E-state index contributed by atoms with van der Waals surface area (Å²) in [6, 6.07) is 8.67. The van der Waals surface area contributed by atoms with Gasteiger partial charge in [0.1, 0.15) is 15.1 Å². The fourth-order valence-electron chi connectivity index (χ4n) is 11.2. The second-order valence-corrected chi connectivity index (χ2v) is 25.5. The molecule has 3 atom stereocenters. The Hall–Kier alpha value is -6.79. The van der Waals surface area contributed by atoms with E-state index in [2.05, 4.69) is 110 Å². The van der Waals surface area contributed by atoms with E-state index in [1.54, 1.807) is 37.1 Å². The van der Waals surface area contributed by atoms with Crippen molar-refractivity contribution in [2.24, 2.45) is 17.8 Å². The Morgan fingerprint density at radius 1 is 0.667 bits per heavy atom. The Balaban J connectivity index is 0.000000156. The van der Waals surface area contributed by atoms with Gasteiger partial charge < -0.3 is 54.1 Å². The lowest BCUT2D eigenvalue weighted by Gasteiger charge is -2.35. The van der Waals surface area contributed by atoms with Crippen molar-refractivity contribution in [2.75, 3.05) is 73.6 Å². The summed E-state index contributed by atoms with van der Waals surface area (Å²) in [4.78, 5) is 35.6. The standard InChI is InChI=1S/C21H27ClN6O2.C21H27ClN4O2.C20H27ClN6O2/c1-13-18(11-28(27-13)16-7-15(8-16)23-4)25-20-24-10-17(22)19(26-20)29-12-14-5-6-30-21(2,3)9-14;22-19-14-23-21(25-20(19)28-15-16-4-2-1-3-5-16)24-17-6-8-18(9-7-17)26-10-12-27-13-11-26;1-12-7-15(8-13(2)29-12)11-28-18-16(21)9-23-19(25-18)24-17-10-27(26-14(17)3)20(4,5)22-6/h10-11,14-16H,5-9,12H2,1-3H3,(H,24,25,26);6-9,14,16H,1-5,10-13,15H2,(H,23,24,25);9-10,12-13,15H,7-8,11H2,1-5H3,(H,23,24,25). The van der Waals surface area contributed by atoms with Crippen LogP contribution in [0.25, 0.3) is 9.69 Å². The van der Waals surface area contributed by atoms with Crippen molar-refractivity contribution in [3.05, 3.63) is 105 Å². The van der Waals surface area contributed by atoms with Gasteiger partial charge in [-0.3, -0.25) is 9.53 Å². The van der Waals surface area contributed by atoms with Gasteiger partial charge in [0, 0.05) is 64.0 Å². The van der Waals surface area contributed by atoms with Crippen molar-refractivity contribution in [1.29, 1.82) is 0 Å². The van der Waals surface area contributed by atoms with Gasteiger partial charge in [-0.1, -0.05) is 54.1 Å². The molecule has 1 aromatic carbocycles. The summed E-state index contributed by atoms with van der Waals surface area (Å²) in [5.41, 5.74) is 4.39. The number of nitrogens with zero attached hydrogens (tertiary/aromatic N) is 13. The average Bonchev–Trinajstić information content (AvgIpc) is 2.77. The molecule has 2 aliphatic carbocycles. The van der Waals surface area contributed by atoms with Crippen LogP contribution in [0.4, 0.5) is 40.6 Å². The topological polar surface area (TPSA) is 216 Å². The molecule has 5 aromatic heterocycles. The van der Waals surface area contributed by atoms with Crippen LogP contribution in [0.2, 0.25) is 15.1 Å². The molecule has 0 radical (unpaired) electrons. The predicted molar refractivity (Wildman–Crippen MR) is 338 cm³/mol. The number of nitrogens with one attached hydrogen (secondary N) is 3. The first-order valence-electron chi connectivity index (χ1n) is 30.2. The van der Waals surface area contributed by atoms with Crippen LogP contribution in [-0.4, -0.2) is 126 Å². The Morgan fingerprint density at radius 3 is 1.75 bits per heavy atom. The van der Waals surface area contributed by atoms with Crippen molar-refractivity contribution in [3.8, 4) is 17.6 Å². The first kappa shape index (κ1) is 64.7. The molecule has 25 heteroatoms. The molecule has 0 spiro atoms. The number of halogens is 3. The molecule has 3 unspecified atom stereocenters. The SMILES string of the molecule is Clc1cnc(Nc2ccc(N3CCOCC3)cc2)nc1OCC1CCCCC1.[C-]#[N+]C(C)(C)n1cc(Nc2ncc(Cl)c(OCC3CC(C)OC(C)C3)n2)c(C)n1.[C-]#[N+]C1CC(n2cc(Nc3ncc(Cl)c(OCC4CCOC(C)(C)C4)n3)c(C)n2)C1. The molecule has 0 amide bonds. The van der Waals surface area contributed by atoms with Crippen molar-refractivity contribution < 1.29 is 28.4 Å². The molecule has 6 aromatic rings. The number of hydrogen-bond donors (Lipinski definition) is 3. The van der Waals surface area contributed by atoms with Crippen LogP contribution in [-0.2, 0) is 19.9 Å². The summed E-state index contributed by atoms with van der Waals surface area (Å²) >= 11 is 18.7. The van der Waals surface area contributed by atoms with Gasteiger partial charge in [-0.25, -0.2) is 28.1 Å². The Kier molecular flexibility index (Phi) is 22.3. The summed E-state index contributed by atoms with van der Waals surface area (Å²) in [7, 11) is 0. The minimum atomic E-state index is -0.766. The average molecular weight is 1250 g/mol. The van der Waals surface area contributed by atoms with Crippen LogP contribution in [0.5, 0.6) is 17.6 Å². The number of morpholine rings is 1. The third kappa shape index (κ3) is 18.4. The van der Waals surface area contributed by atoms with E-state index in [-0.39, 0.29) is 29.9 Å². The van der Waals surface area contributed by atoms with Crippen molar-refractivity contribution >= 4 is 75.4 Å². The summed E-state index contributed by atoms with van der Waals surface area (Å²) in [6.07, 6.45) is 20.7. The molecule has 5 aliphatic rings. The second kappa shape index (κ2) is 29.9. The second-order valence-electron chi connectivity index (χ2n) is 24.3. The highest BCUT2D eigenvalue weighted by Gasteiger charge is 2.36. The number of ether oxygens (including phenoxy) is 6. The summed E-state index contributed by atoms with van der Waals surface area (Å²) in [6.45, 7) is 36.1. The zero-order chi connectivity index (χ0) is 61.7. The molecule has 8 heterocycles. The normalized spacial score (nSPS) is 21.9. The molecule has 3 saturated heterocycles. The Labute approximate surface area is 525 Å². The van der Waals surface area contributed by atoms with Gasteiger partial charge in [0.25, 0.3) is 0 Å². The van der Waals surface area contributed by atoms with E-state index in [9.17, 15) is 0 Å². The lowest BCUT2D eigenvalue weighted by molar-refractivity contribution is -0.0787. The van der Waals surface area contributed by atoms with E-state index in [0.717, 1.165) is 99.9 Å². The molecule has 0 bridgehead atoms. The van der Waals surface area contributed by atoms with Gasteiger partial charge >= 0.3 is 5.66 Å². The molecule has 87 heavy (non-hydrogen) atoms. The van der Waals surface area contributed by atoms with Gasteiger partial charge in [0.15, 0.2) is 0 Å². The van der Waals surface area contributed by atoms with E-state index in [4.69, 9.17) is 76.4 Å². The minimum absolute atomic E-state index is 0.122. The fourth-order valence-corrected chi connectivity index (χ4v) is 11.6. The highest BCUT2D eigenvalue weighted by molar-refractivity contribution is 6.32. The first-order valence-corrected chi connectivity index (χ1v) is 31.3. The van der Waals surface area contributed by atoms with Crippen molar-refractivity contribution in [2.45, 2.75) is 162 Å². The van der Waals surface area contributed by atoms with Gasteiger partial charge in [-0.05, 0) is 122 Å². The van der Waals surface area contributed by atoms with E-state index in [1.807, 2.05) is 36.9 Å². The number of benzene rings is 1. The monoisotopic (exact) mass is 1250 g/mol. The molecular weight excluding hydrogens is 1170 g/mol. The summed E-state index contributed by atoms with van der Waals surface area (Å²) in [5, 5.41) is 19.8. The number of hydrogen-bond acceptors (Lipinski definition) is 18. The van der Waals surface area contributed by atoms with Gasteiger partial charge in [-0.15, -0.1) is 0 Å². The highest BCUT2D eigenvalue weighted by atomic mass is 35.5. The smallest absolute Gasteiger partial charge is 0.319 e. The number of rotatable bonds is 18. The summed E-state index contributed by atoms with van der Waals surface area (Å²) in [5.74, 6) is 3.84. The molecule has 11 rings (SSSR count). The van der Waals surface area contributed by atoms with Crippen LogP contribution < -0.4 is 35.1 Å². The van der Waals surface area contributed by atoms with E-state index >= 15 is 0 Å². The quantitative estimate of drug-likeness (QED) is 0.0682. The number of aryl methyl sites for hydroxylation is 2. The Bertz CT molecular complexity index is 3290. The predicted octanol–water partition coefficient (Wildman–Crippen LogP) is 13.8. The van der Waals surface area contributed by atoms with Gasteiger partial charge in [0.05, 0.1) is 104 Å². The lowest BCUT2D eigenvalue weighted by Crippen LogP contribution is -2.36. The maximum absolute atomic E-state index is 7.33. The fraction of sp³-hybridized carbons (Fsp3) is 0.581. The molecule has 5 fully saturated rings. The maximum Gasteiger partial charge on any atom is 0.319 e. The number of aromatic nitrogens is 10. The first-order chi connectivity index (χ1) is 41.8. The van der Waals surface area contributed by atoms with Crippen LogP contribution in [0.1, 0.15) is 130 Å². The molecule has 22 nitrogen and oxygen atoms in total. The molecule has 2 saturated carbocycles. The van der Waals surface area contributed by atoms with Crippen LogP contribution in [0.15, 0.2) is 55.2 Å². The third-order valence-corrected chi connectivity index (χ3v) is 16.9. The molecular formula is C62H81Cl3N16O6. The molecule has 3 N–H and O–H groups in total. The van der Waals surface area contributed by atoms with Crippen LogP contribution in [0.3, 0.4) is 0 Å². The molecule has 466 valence electrons. The van der Waals surface area contributed by atoms with E-state index in [0.29, 0.717) is 88.1 Å². The van der Waals surface area contributed by atoms with Crippen LogP contribution >= 0.6 is 34.8 Å². The van der Waals surface area contributed by atoms with Crippen molar-refractivity contribution in [3.63, 3.8) is 0 Å². The van der Waals surface area contributed by atoms with Gasteiger partial charge in [0.2, 0.25) is 41.5 Å². The van der Waals surface area contributed by atoms with E-state index in [1.165, 1.54) is 44.0 Å². The molecule has 3 aliphatic heterocycles. The Morgan fingerprint density at radius 2 is 1.20 bits per heavy atom. The highest BCUT2D eigenvalue weighted by Crippen LogP contribution is 2.37.